The maximum absolute atomic E-state index is 12.6. The number of hydrogen-bond donors (Lipinski definition) is 1. The number of carboxylic acids is 3. The van der Waals surface area contributed by atoms with Crippen molar-refractivity contribution < 1.29 is 43.6 Å². The lowest BCUT2D eigenvalue weighted by atomic mass is 9.92. The summed E-state index contributed by atoms with van der Waals surface area (Å²) in [6, 6.07) is 0. The third-order valence-electron chi connectivity index (χ3n) is 1.51. The van der Waals surface area contributed by atoms with Gasteiger partial charge in [-0.3, -0.25) is 0 Å². The fourth-order valence-corrected chi connectivity index (χ4v) is 0.689. The number of rotatable bonds is 5. The first-order chi connectivity index (χ1) is 6.55. The molecule has 0 aromatic heterocycles. The summed E-state index contributed by atoms with van der Waals surface area (Å²) in [5.41, 5.74) is -4.41. The highest BCUT2D eigenvalue weighted by Crippen LogP contribution is 2.30. The molecule has 0 radical (unpaired) electrons. The van der Waals surface area contributed by atoms with E-state index in [9.17, 15) is 38.5 Å². The molecule has 0 saturated carbocycles. The Balaban J connectivity index is 5.38. The van der Waals surface area contributed by atoms with Gasteiger partial charge >= 0.3 is 5.92 Å². The van der Waals surface area contributed by atoms with Gasteiger partial charge in [0.1, 0.15) is 5.97 Å². The molecular weight excluding hydrogens is 222 g/mol. The number of carbonyl (C=O) groups excluding carboxylic acids is 3. The van der Waals surface area contributed by atoms with Gasteiger partial charge < -0.3 is 34.8 Å². The van der Waals surface area contributed by atoms with E-state index in [1.165, 1.54) is 0 Å². The highest BCUT2D eigenvalue weighted by Gasteiger charge is 2.55. The summed E-state index contributed by atoms with van der Waals surface area (Å²) < 4.78 is 25.2. The Kier molecular flexibility index (Phi) is 3.32. The Morgan fingerprint density at radius 1 is 1.07 bits per heavy atom. The van der Waals surface area contributed by atoms with Crippen LogP contribution in [-0.4, -0.2) is 34.5 Å². The molecule has 0 aliphatic heterocycles. The highest BCUT2D eigenvalue weighted by molar-refractivity contribution is 5.90. The smallest absolute Gasteiger partial charge is 0.320 e. The number of carboxylic acid groups (broad SMARTS) is 3. The molecule has 0 amide bonds. The zero-order valence-corrected chi connectivity index (χ0v) is 6.86. The first kappa shape index (κ1) is 13.2. The summed E-state index contributed by atoms with van der Waals surface area (Å²) >= 11 is 0. The van der Waals surface area contributed by atoms with E-state index in [-0.39, 0.29) is 0 Å². The summed E-state index contributed by atoms with van der Waals surface area (Å²) in [7, 11) is 0. The van der Waals surface area contributed by atoms with Crippen molar-refractivity contribution in [3.05, 3.63) is 0 Å². The lowest BCUT2D eigenvalue weighted by Crippen LogP contribution is -2.67. The minimum atomic E-state index is -5.31. The number of aliphatic carboxylic acids is 3. The van der Waals surface area contributed by atoms with Gasteiger partial charge in [-0.25, -0.2) is 0 Å². The van der Waals surface area contributed by atoms with Crippen LogP contribution in [0.3, 0.4) is 0 Å². The molecule has 0 saturated heterocycles. The second kappa shape index (κ2) is 3.77. The van der Waals surface area contributed by atoms with E-state index < -0.39 is 35.9 Å². The lowest BCUT2D eigenvalue weighted by molar-refractivity contribution is -0.368. The van der Waals surface area contributed by atoms with E-state index in [2.05, 4.69) is 0 Å². The second-order valence-corrected chi connectivity index (χ2v) is 2.56. The van der Waals surface area contributed by atoms with Gasteiger partial charge in [0.05, 0.1) is 5.97 Å². The van der Waals surface area contributed by atoms with Crippen LogP contribution in [0.2, 0.25) is 0 Å². The molecule has 0 aromatic carbocycles. The van der Waals surface area contributed by atoms with E-state index in [4.69, 9.17) is 5.11 Å². The Morgan fingerprint density at radius 2 is 1.47 bits per heavy atom. The summed E-state index contributed by atoms with van der Waals surface area (Å²) in [6.45, 7) is 0. The minimum Gasteiger partial charge on any atom is -0.550 e. The Morgan fingerprint density at radius 3 is 1.67 bits per heavy atom. The first-order valence-corrected chi connectivity index (χ1v) is 3.28. The molecule has 0 bridgehead atoms. The number of carbonyl (C=O) groups is 3. The molecule has 0 fully saturated rings. The third kappa shape index (κ3) is 2.18. The fourth-order valence-electron chi connectivity index (χ4n) is 0.689. The SMILES string of the molecule is O=C([O-])CC(O)(C(=O)[O-])C(F)(F)C(=O)[O-]. The number of aliphatic hydroxyl groups is 1. The van der Waals surface area contributed by atoms with E-state index in [1.54, 1.807) is 0 Å². The molecule has 9 heteroatoms. The van der Waals surface area contributed by atoms with Crippen LogP contribution in [0.4, 0.5) is 8.78 Å². The highest BCUT2D eigenvalue weighted by atomic mass is 19.3. The summed E-state index contributed by atoms with van der Waals surface area (Å²) in [4.78, 5) is 29.8. The monoisotopic (exact) mass is 225 g/mol. The largest absolute Gasteiger partial charge is 0.550 e. The lowest BCUT2D eigenvalue weighted by Gasteiger charge is -2.37. The van der Waals surface area contributed by atoms with Crippen LogP contribution in [0, 0.1) is 0 Å². The van der Waals surface area contributed by atoms with Crippen molar-refractivity contribution in [3.63, 3.8) is 0 Å². The molecule has 0 rings (SSSR count). The van der Waals surface area contributed by atoms with Crippen LogP contribution < -0.4 is 15.3 Å². The molecule has 0 aliphatic carbocycles. The van der Waals surface area contributed by atoms with Crippen LogP contribution in [0.5, 0.6) is 0 Å². The molecule has 0 aliphatic rings. The van der Waals surface area contributed by atoms with E-state index >= 15 is 0 Å². The molecule has 1 atom stereocenters. The fraction of sp³-hybridized carbons (Fsp3) is 0.500. The van der Waals surface area contributed by atoms with Crippen LogP contribution in [0.15, 0.2) is 0 Å². The van der Waals surface area contributed by atoms with Crippen LogP contribution in [0.1, 0.15) is 6.42 Å². The Hall–Kier alpha value is -1.77. The normalized spacial score (nSPS) is 15.4. The molecule has 0 heterocycles. The minimum absolute atomic E-state index is 2.14. The van der Waals surface area contributed by atoms with E-state index in [1.807, 2.05) is 0 Å². The molecule has 7 nitrogen and oxygen atoms in total. The second-order valence-electron chi connectivity index (χ2n) is 2.56. The molecule has 0 aromatic rings. The van der Waals surface area contributed by atoms with Crippen molar-refractivity contribution in [3.8, 4) is 0 Å². The molecular formula is C6H3F2O7-3. The van der Waals surface area contributed by atoms with Crippen molar-refractivity contribution >= 4 is 17.9 Å². The average Bonchev–Trinajstić information content (AvgIpc) is 2.01. The van der Waals surface area contributed by atoms with Gasteiger partial charge in [-0.15, -0.1) is 0 Å². The third-order valence-corrected chi connectivity index (χ3v) is 1.51. The molecule has 1 unspecified atom stereocenters. The van der Waals surface area contributed by atoms with Gasteiger partial charge in [0.2, 0.25) is 0 Å². The van der Waals surface area contributed by atoms with Gasteiger partial charge in [0, 0.05) is 12.4 Å². The topological polar surface area (TPSA) is 141 Å². The van der Waals surface area contributed by atoms with Crippen molar-refractivity contribution in [1.82, 2.24) is 0 Å². The zero-order valence-electron chi connectivity index (χ0n) is 6.86. The number of hydrogen-bond acceptors (Lipinski definition) is 7. The Labute approximate surface area is 80.6 Å². The maximum Gasteiger partial charge on any atom is 0.320 e. The molecule has 0 spiro atoms. The van der Waals surface area contributed by atoms with Gasteiger partial charge in [-0.1, -0.05) is 0 Å². The van der Waals surface area contributed by atoms with Crippen molar-refractivity contribution in [2.45, 2.75) is 17.9 Å². The predicted octanol–water partition coefficient (Wildman–Crippen LogP) is -5.01. The van der Waals surface area contributed by atoms with Crippen molar-refractivity contribution in [1.29, 1.82) is 0 Å². The van der Waals surface area contributed by atoms with Gasteiger partial charge in [0.25, 0.3) is 0 Å². The summed E-state index contributed by atoms with van der Waals surface area (Å²) in [5, 5.41) is 38.5. The first-order valence-electron chi connectivity index (χ1n) is 3.28. The van der Waals surface area contributed by atoms with E-state index in [0.717, 1.165) is 0 Å². The molecule has 15 heavy (non-hydrogen) atoms. The van der Waals surface area contributed by atoms with Crippen LogP contribution in [0.25, 0.3) is 0 Å². The van der Waals surface area contributed by atoms with E-state index in [0.29, 0.717) is 0 Å². The van der Waals surface area contributed by atoms with Crippen LogP contribution >= 0.6 is 0 Å². The number of halogens is 2. The maximum atomic E-state index is 12.6. The van der Waals surface area contributed by atoms with Crippen molar-refractivity contribution in [2.24, 2.45) is 0 Å². The summed E-state index contributed by atoms with van der Waals surface area (Å²) in [5.74, 6) is -13.9. The van der Waals surface area contributed by atoms with Gasteiger partial charge in [-0.05, 0) is 0 Å². The predicted molar refractivity (Wildman–Crippen MR) is 29.5 cm³/mol. The standard InChI is InChI=1S/C6H6F2O7/c7-6(8,4(13)14)5(15,3(11)12)1-2(9)10/h15H,1H2,(H,9,10)(H,11,12)(H,13,14)/p-3. The quantitative estimate of drug-likeness (QED) is 0.493. The molecule has 1 N–H and O–H groups in total. The van der Waals surface area contributed by atoms with Crippen molar-refractivity contribution in [2.75, 3.05) is 0 Å². The Bertz CT molecular complexity index is 313. The van der Waals surface area contributed by atoms with Gasteiger partial charge in [0.15, 0.2) is 5.60 Å². The van der Waals surface area contributed by atoms with Crippen LogP contribution in [-0.2, 0) is 14.4 Å². The summed E-state index contributed by atoms with van der Waals surface area (Å²) in [6.07, 6.45) is -2.14. The average molecular weight is 225 g/mol. The van der Waals surface area contributed by atoms with Gasteiger partial charge in [-0.2, -0.15) is 8.78 Å². The number of alkyl halides is 2. The zero-order chi connectivity index (χ0) is 12.4. The molecule has 86 valence electrons.